The number of hydrogen-bond acceptors (Lipinski definition) is 4. The van der Waals surface area contributed by atoms with Crippen molar-refractivity contribution in [1.82, 2.24) is 5.32 Å². The fraction of sp³-hybridized carbons (Fsp3) is 0.929. The van der Waals surface area contributed by atoms with Gasteiger partial charge in [0.2, 0.25) is 0 Å². The van der Waals surface area contributed by atoms with E-state index in [9.17, 15) is 18.0 Å². The number of esters is 1. The van der Waals surface area contributed by atoms with Crippen molar-refractivity contribution >= 4 is 5.97 Å². The average molecular weight is 311 g/mol. The number of ether oxygens (including phenoxy) is 2. The van der Waals surface area contributed by atoms with E-state index in [1.54, 1.807) is 13.8 Å². The van der Waals surface area contributed by atoms with Crippen LogP contribution in [0.25, 0.3) is 0 Å². The van der Waals surface area contributed by atoms with E-state index in [0.29, 0.717) is 13.2 Å². The maximum Gasteiger partial charge on any atom is 0.389 e. The molecule has 0 saturated carbocycles. The fourth-order valence-corrected chi connectivity index (χ4v) is 2.34. The lowest BCUT2D eigenvalue weighted by atomic mass is 9.94. The molecule has 1 rings (SSSR count). The zero-order valence-electron chi connectivity index (χ0n) is 12.6. The van der Waals surface area contributed by atoms with E-state index in [0.717, 1.165) is 12.8 Å². The fourth-order valence-electron chi connectivity index (χ4n) is 2.34. The Hall–Kier alpha value is -0.820. The Balaban J connectivity index is 2.53. The van der Waals surface area contributed by atoms with Gasteiger partial charge >= 0.3 is 12.1 Å². The summed E-state index contributed by atoms with van der Waals surface area (Å²) in [7, 11) is 0. The van der Waals surface area contributed by atoms with Gasteiger partial charge in [0.25, 0.3) is 0 Å². The topological polar surface area (TPSA) is 47.6 Å². The highest BCUT2D eigenvalue weighted by Gasteiger charge is 2.36. The molecular formula is C14H24F3NO3. The highest BCUT2D eigenvalue weighted by Crippen LogP contribution is 2.26. The molecule has 1 aliphatic rings. The molecule has 124 valence electrons. The summed E-state index contributed by atoms with van der Waals surface area (Å²) in [6.07, 6.45) is -3.25. The van der Waals surface area contributed by atoms with Gasteiger partial charge in [0.05, 0.1) is 12.7 Å². The molecule has 0 amide bonds. The summed E-state index contributed by atoms with van der Waals surface area (Å²) in [5.74, 6) is -0.509. The average Bonchev–Trinajstić information content (AvgIpc) is 2.88. The lowest BCUT2D eigenvalue weighted by Crippen LogP contribution is -2.52. The van der Waals surface area contributed by atoms with Crippen LogP contribution in [0.1, 0.15) is 46.0 Å². The normalized spacial score (nSPS) is 22.0. The predicted molar refractivity (Wildman–Crippen MR) is 71.9 cm³/mol. The molecular weight excluding hydrogens is 287 g/mol. The molecule has 0 aliphatic carbocycles. The number of hydrogen-bond donors (Lipinski definition) is 1. The quantitative estimate of drug-likeness (QED) is 0.700. The van der Waals surface area contributed by atoms with Crippen molar-refractivity contribution in [3.8, 4) is 0 Å². The summed E-state index contributed by atoms with van der Waals surface area (Å²) in [4.78, 5) is 12.0. The Bertz CT molecular complexity index is 330. The Labute approximate surface area is 123 Å². The molecule has 1 aliphatic heterocycles. The van der Waals surface area contributed by atoms with Crippen LogP contribution in [0.3, 0.4) is 0 Å². The molecule has 1 fully saturated rings. The van der Waals surface area contributed by atoms with Gasteiger partial charge in [-0.1, -0.05) is 0 Å². The number of nitrogens with one attached hydrogen (secondary N) is 1. The second kappa shape index (κ2) is 7.98. The highest BCUT2D eigenvalue weighted by atomic mass is 19.4. The van der Waals surface area contributed by atoms with E-state index < -0.39 is 24.1 Å². The first-order valence-electron chi connectivity index (χ1n) is 7.37. The monoisotopic (exact) mass is 311 g/mol. The van der Waals surface area contributed by atoms with Gasteiger partial charge in [0.1, 0.15) is 5.54 Å². The van der Waals surface area contributed by atoms with E-state index in [-0.39, 0.29) is 25.6 Å². The molecule has 0 aromatic heterocycles. The van der Waals surface area contributed by atoms with Crippen molar-refractivity contribution in [2.24, 2.45) is 0 Å². The van der Waals surface area contributed by atoms with Crippen LogP contribution in [0.4, 0.5) is 13.2 Å². The molecule has 0 aromatic rings. The summed E-state index contributed by atoms with van der Waals surface area (Å²) in [6.45, 7) is 4.61. The molecule has 1 heterocycles. The SMILES string of the molecule is CCOC(=O)C(C)(CCCC(F)(F)F)NCC1CCCO1. The third-order valence-electron chi connectivity index (χ3n) is 3.61. The van der Waals surface area contributed by atoms with Crippen molar-refractivity contribution in [2.75, 3.05) is 19.8 Å². The Morgan fingerprint density at radius 3 is 2.62 bits per heavy atom. The Morgan fingerprint density at radius 1 is 1.38 bits per heavy atom. The standard InChI is InChI=1S/C14H24F3NO3/c1-3-20-12(19)13(2,7-5-8-14(15,16)17)18-10-11-6-4-9-21-11/h11,18H,3-10H2,1-2H3. The smallest absolute Gasteiger partial charge is 0.389 e. The maximum absolute atomic E-state index is 12.3. The largest absolute Gasteiger partial charge is 0.465 e. The highest BCUT2D eigenvalue weighted by molar-refractivity contribution is 5.80. The molecule has 0 spiro atoms. The van der Waals surface area contributed by atoms with Crippen molar-refractivity contribution < 1.29 is 27.4 Å². The van der Waals surface area contributed by atoms with E-state index >= 15 is 0 Å². The van der Waals surface area contributed by atoms with Gasteiger partial charge in [-0.15, -0.1) is 0 Å². The van der Waals surface area contributed by atoms with Crippen LogP contribution in [0.5, 0.6) is 0 Å². The minimum atomic E-state index is -4.20. The van der Waals surface area contributed by atoms with Crippen LogP contribution in [0, 0.1) is 0 Å². The first kappa shape index (κ1) is 18.2. The minimum absolute atomic E-state index is 0.0152. The van der Waals surface area contributed by atoms with Gasteiger partial charge in [-0.2, -0.15) is 13.2 Å². The molecule has 7 heteroatoms. The second-order valence-electron chi connectivity index (χ2n) is 5.54. The first-order valence-corrected chi connectivity index (χ1v) is 7.37. The van der Waals surface area contributed by atoms with Gasteiger partial charge in [0.15, 0.2) is 0 Å². The number of carbonyl (C=O) groups excluding carboxylic acids is 1. The van der Waals surface area contributed by atoms with E-state index in [1.807, 2.05) is 0 Å². The molecule has 0 bridgehead atoms. The zero-order valence-corrected chi connectivity index (χ0v) is 12.6. The van der Waals surface area contributed by atoms with Crippen LogP contribution in [-0.4, -0.2) is 43.5 Å². The third-order valence-corrected chi connectivity index (χ3v) is 3.61. The van der Waals surface area contributed by atoms with Gasteiger partial charge in [-0.25, -0.2) is 0 Å². The van der Waals surface area contributed by atoms with Crippen molar-refractivity contribution in [2.45, 2.75) is 63.8 Å². The predicted octanol–water partition coefficient (Wildman–Crippen LogP) is 2.81. The summed E-state index contributed by atoms with van der Waals surface area (Å²) < 4.78 is 47.2. The van der Waals surface area contributed by atoms with Gasteiger partial charge in [0, 0.05) is 19.6 Å². The minimum Gasteiger partial charge on any atom is -0.465 e. The third kappa shape index (κ3) is 6.65. The van der Waals surface area contributed by atoms with Crippen LogP contribution < -0.4 is 5.32 Å². The molecule has 21 heavy (non-hydrogen) atoms. The molecule has 0 radical (unpaired) electrons. The maximum atomic E-state index is 12.3. The number of carbonyl (C=O) groups is 1. The lowest BCUT2D eigenvalue weighted by molar-refractivity contribution is -0.153. The number of rotatable bonds is 8. The molecule has 1 N–H and O–H groups in total. The van der Waals surface area contributed by atoms with Crippen LogP contribution in [0.15, 0.2) is 0 Å². The van der Waals surface area contributed by atoms with E-state index in [1.165, 1.54) is 0 Å². The Kier molecular flexibility index (Phi) is 6.93. The summed E-state index contributed by atoms with van der Waals surface area (Å²) in [6, 6.07) is 0. The summed E-state index contributed by atoms with van der Waals surface area (Å²) in [5, 5.41) is 3.04. The molecule has 2 unspecified atom stereocenters. The van der Waals surface area contributed by atoms with Crippen LogP contribution in [0.2, 0.25) is 0 Å². The number of alkyl halides is 3. The van der Waals surface area contributed by atoms with Gasteiger partial charge < -0.3 is 9.47 Å². The van der Waals surface area contributed by atoms with E-state index in [4.69, 9.17) is 9.47 Å². The Morgan fingerprint density at radius 2 is 2.10 bits per heavy atom. The van der Waals surface area contributed by atoms with Gasteiger partial charge in [-0.3, -0.25) is 10.1 Å². The zero-order chi connectivity index (χ0) is 15.9. The summed E-state index contributed by atoms with van der Waals surface area (Å²) in [5.41, 5.74) is -1.10. The number of halogens is 3. The van der Waals surface area contributed by atoms with Crippen molar-refractivity contribution in [3.63, 3.8) is 0 Å². The van der Waals surface area contributed by atoms with Gasteiger partial charge in [-0.05, 0) is 39.5 Å². The first-order chi connectivity index (χ1) is 9.77. The molecule has 4 nitrogen and oxygen atoms in total. The van der Waals surface area contributed by atoms with Crippen molar-refractivity contribution in [1.29, 1.82) is 0 Å². The lowest BCUT2D eigenvalue weighted by Gasteiger charge is -2.30. The molecule has 2 atom stereocenters. The van der Waals surface area contributed by atoms with Crippen LogP contribution >= 0.6 is 0 Å². The molecule has 0 aromatic carbocycles. The second-order valence-corrected chi connectivity index (χ2v) is 5.54. The van der Waals surface area contributed by atoms with Crippen LogP contribution in [-0.2, 0) is 14.3 Å². The van der Waals surface area contributed by atoms with E-state index in [2.05, 4.69) is 5.32 Å². The molecule has 1 saturated heterocycles. The summed E-state index contributed by atoms with van der Waals surface area (Å²) >= 11 is 0. The van der Waals surface area contributed by atoms with Crippen molar-refractivity contribution in [3.05, 3.63) is 0 Å².